The number of nitrogens with zero attached hydrogens (tertiary/aromatic N) is 1. The van der Waals surface area contributed by atoms with Crippen molar-refractivity contribution >= 4 is 5.91 Å². The maximum atomic E-state index is 11.7. The number of aromatic nitrogens is 1. The van der Waals surface area contributed by atoms with E-state index in [-0.39, 0.29) is 5.91 Å². The van der Waals surface area contributed by atoms with Gasteiger partial charge in [-0.1, -0.05) is 11.6 Å². The predicted molar refractivity (Wildman–Crippen MR) is 66.8 cm³/mol. The molecule has 0 spiro atoms. The van der Waals surface area contributed by atoms with Gasteiger partial charge in [-0.3, -0.25) is 9.78 Å². The number of hydrogen-bond donors (Lipinski definition) is 2. The van der Waals surface area contributed by atoms with E-state index in [1.165, 1.54) is 5.57 Å². The molecule has 0 saturated carbocycles. The molecule has 4 nitrogen and oxygen atoms in total. The first kappa shape index (κ1) is 11.8. The summed E-state index contributed by atoms with van der Waals surface area (Å²) in [4.78, 5) is 15.6. The Kier molecular flexibility index (Phi) is 4.27. The number of nitrogens with one attached hydrogen (secondary N) is 2. The summed E-state index contributed by atoms with van der Waals surface area (Å²) in [5.74, 6) is -0.0485. The van der Waals surface area contributed by atoms with E-state index in [0.29, 0.717) is 12.1 Å². The second-order valence-electron chi connectivity index (χ2n) is 4.06. The Hall–Kier alpha value is -1.68. The van der Waals surface area contributed by atoms with Gasteiger partial charge in [0.15, 0.2) is 0 Å². The second kappa shape index (κ2) is 6.15. The largest absolute Gasteiger partial charge is 0.352 e. The molecule has 1 amide bonds. The molecule has 2 N–H and O–H groups in total. The summed E-state index contributed by atoms with van der Waals surface area (Å²) in [6.45, 7) is 2.69. The van der Waals surface area contributed by atoms with Gasteiger partial charge in [-0.15, -0.1) is 0 Å². The fourth-order valence-electron chi connectivity index (χ4n) is 1.83. The molecule has 0 unspecified atom stereocenters. The SMILES string of the molecule is O=C(NCCC1=CCNCC1)c1cccnc1. The first-order chi connectivity index (χ1) is 8.36. The summed E-state index contributed by atoms with van der Waals surface area (Å²) in [6.07, 6.45) is 7.48. The zero-order valence-corrected chi connectivity index (χ0v) is 9.78. The lowest BCUT2D eigenvalue weighted by Crippen LogP contribution is -2.26. The molecule has 2 heterocycles. The van der Waals surface area contributed by atoms with E-state index in [1.807, 2.05) is 0 Å². The number of carbonyl (C=O) groups is 1. The molecule has 1 aliphatic rings. The predicted octanol–water partition coefficient (Wildman–Crippen LogP) is 1.12. The molecule has 0 fully saturated rings. The lowest BCUT2D eigenvalue weighted by atomic mass is 10.1. The number of carbonyl (C=O) groups excluding carboxylic acids is 1. The zero-order chi connectivity index (χ0) is 11.9. The van der Waals surface area contributed by atoms with Crippen LogP contribution in [-0.2, 0) is 0 Å². The molecule has 0 radical (unpaired) electrons. The summed E-state index contributed by atoms with van der Waals surface area (Å²) in [5.41, 5.74) is 2.04. The molecule has 4 heteroatoms. The maximum absolute atomic E-state index is 11.7. The standard InChI is InChI=1S/C13H17N3O/c17-13(12-2-1-6-15-10-12)16-9-5-11-3-7-14-8-4-11/h1-3,6,10,14H,4-5,7-9H2,(H,16,17). The minimum absolute atomic E-state index is 0.0485. The Morgan fingerprint density at radius 3 is 3.18 bits per heavy atom. The van der Waals surface area contributed by atoms with E-state index in [2.05, 4.69) is 21.7 Å². The summed E-state index contributed by atoms with van der Waals surface area (Å²) in [6, 6.07) is 3.54. The van der Waals surface area contributed by atoms with Crippen LogP contribution >= 0.6 is 0 Å². The molecule has 1 aromatic heterocycles. The van der Waals surface area contributed by atoms with Crippen LogP contribution in [0.4, 0.5) is 0 Å². The lowest BCUT2D eigenvalue weighted by Gasteiger charge is -2.14. The van der Waals surface area contributed by atoms with Gasteiger partial charge in [0, 0.05) is 25.5 Å². The van der Waals surface area contributed by atoms with Crippen molar-refractivity contribution in [3.63, 3.8) is 0 Å². The Bertz CT molecular complexity index is 400. The first-order valence-electron chi connectivity index (χ1n) is 5.93. The van der Waals surface area contributed by atoms with E-state index in [9.17, 15) is 4.79 Å². The molecule has 1 aliphatic heterocycles. The highest BCUT2D eigenvalue weighted by molar-refractivity contribution is 5.93. The first-order valence-corrected chi connectivity index (χ1v) is 5.93. The maximum Gasteiger partial charge on any atom is 0.252 e. The summed E-state index contributed by atoms with van der Waals surface area (Å²) < 4.78 is 0. The van der Waals surface area contributed by atoms with Gasteiger partial charge in [0.25, 0.3) is 5.91 Å². The number of amides is 1. The monoisotopic (exact) mass is 231 g/mol. The van der Waals surface area contributed by atoms with Crippen LogP contribution in [0.5, 0.6) is 0 Å². The van der Waals surface area contributed by atoms with Crippen LogP contribution in [0, 0.1) is 0 Å². The van der Waals surface area contributed by atoms with Crippen molar-refractivity contribution in [3.05, 3.63) is 41.7 Å². The fraction of sp³-hybridized carbons (Fsp3) is 0.385. The van der Waals surface area contributed by atoms with E-state index < -0.39 is 0 Å². The van der Waals surface area contributed by atoms with Gasteiger partial charge in [0.05, 0.1) is 5.56 Å². The molecule has 2 rings (SSSR count). The van der Waals surface area contributed by atoms with Crippen LogP contribution in [-0.4, -0.2) is 30.5 Å². The van der Waals surface area contributed by atoms with E-state index in [0.717, 1.165) is 25.9 Å². The normalized spacial score (nSPS) is 15.2. The van der Waals surface area contributed by atoms with Gasteiger partial charge < -0.3 is 10.6 Å². The van der Waals surface area contributed by atoms with Gasteiger partial charge in [0.1, 0.15) is 0 Å². The molecule has 0 bridgehead atoms. The van der Waals surface area contributed by atoms with Crippen LogP contribution in [0.1, 0.15) is 23.2 Å². The van der Waals surface area contributed by atoms with Crippen LogP contribution in [0.25, 0.3) is 0 Å². The summed E-state index contributed by atoms with van der Waals surface area (Å²) in [7, 11) is 0. The van der Waals surface area contributed by atoms with Crippen molar-refractivity contribution in [2.24, 2.45) is 0 Å². The Balaban J connectivity index is 1.75. The lowest BCUT2D eigenvalue weighted by molar-refractivity contribution is 0.0953. The van der Waals surface area contributed by atoms with Crippen molar-refractivity contribution in [2.45, 2.75) is 12.8 Å². The van der Waals surface area contributed by atoms with Crippen LogP contribution in [0.3, 0.4) is 0 Å². The van der Waals surface area contributed by atoms with Crippen LogP contribution in [0.2, 0.25) is 0 Å². The zero-order valence-electron chi connectivity index (χ0n) is 9.78. The molecule has 0 aromatic carbocycles. The van der Waals surface area contributed by atoms with Crippen molar-refractivity contribution in [1.29, 1.82) is 0 Å². The molecular weight excluding hydrogens is 214 g/mol. The molecule has 1 aromatic rings. The van der Waals surface area contributed by atoms with Gasteiger partial charge in [-0.05, 0) is 31.5 Å². The topological polar surface area (TPSA) is 54.0 Å². The molecular formula is C13H17N3O. The van der Waals surface area contributed by atoms with Gasteiger partial charge >= 0.3 is 0 Å². The Labute approximate surface area is 101 Å². The fourth-order valence-corrected chi connectivity index (χ4v) is 1.83. The number of rotatable bonds is 4. The van der Waals surface area contributed by atoms with Crippen molar-refractivity contribution in [3.8, 4) is 0 Å². The average Bonchev–Trinajstić information content (AvgIpc) is 2.41. The van der Waals surface area contributed by atoms with E-state index in [1.54, 1.807) is 24.5 Å². The smallest absolute Gasteiger partial charge is 0.252 e. The second-order valence-corrected chi connectivity index (χ2v) is 4.06. The highest BCUT2D eigenvalue weighted by Crippen LogP contribution is 2.08. The average molecular weight is 231 g/mol. The molecule has 0 aliphatic carbocycles. The van der Waals surface area contributed by atoms with Gasteiger partial charge in [0.2, 0.25) is 0 Å². The third-order valence-corrected chi connectivity index (χ3v) is 2.81. The van der Waals surface area contributed by atoms with Crippen molar-refractivity contribution in [2.75, 3.05) is 19.6 Å². The third kappa shape index (κ3) is 3.67. The Morgan fingerprint density at radius 1 is 1.53 bits per heavy atom. The summed E-state index contributed by atoms with van der Waals surface area (Å²) in [5, 5.41) is 6.17. The minimum atomic E-state index is -0.0485. The van der Waals surface area contributed by atoms with E-state index >= 15 is 0 Å². The van der Waals surface area contributed by atoms with Crippen molar-refractivity contribution < 1.29 is 4.79 Å². The highest BCUT2D eigenvalue weighted by Gasteiger charge is 2.06. The third-order valence-electron chi connectivity index (χ3n) is 2.81. The van der Waals surface area contributed by atoms with E-state index in [4.69, 9.17) is 0 Å². The molecule has 90 valence electrons. The molecule has 0 atom stereocenters. The van der Waals surface area contributed by atoms with Crippen molar-refractivity contribution in [1.82, 2.24) is 15.6 Å². The van der Waals surface area contributed by atoms with Gasteiger partial charge in [-0.2, -0.15) is 0 Å². The van der Waals surface area contributed by atoms with Crippen LogP contribution in [0.15, 0.2) is 36.2 Å². The Morgan fingerprint density at radius 2 is 2.47 bits per heavy atom. The summed E-state index contributed by atoms with van der Waals surface area (Å²) >= 11 is 0. The number of hydrogen-bond acceptors (Lipinski definition) is 3. The number of pyridine rings is 1. The minimum Gasteiger partial charge on any atom is -0.352 e. The van der Waals surface area contributed by atoms with Gasteiger partial charge in [-0.25, -0.2) is 0 Å². The molecule has 0 saturated heterocycles. The highest BCUT2D eigenvalue weighted by atomic mass is 16.1. The molecule has 17 heavy (non-hydrogen) atoms. The van der Waals surface area contributed by atoms with Crippen LogP contribution < -0.4 is 10.6 Å². The quantitative estimate of drug-likeness (QED) is 0.764.